The molecular formula is C10H14ClNO. The first-order valence-corrected chi connectivity index (χ1v) is 4.51. The van der Waals surface area contributed by atoms with Crippen molar-refractivity contribution < 1.29 is 5.11 Å². The van der Waals surface area contributed by atoms with Crippen molar-refractivity contribution in [2.24, 2.45) is 5.73 Å². The fourth-order valence-electron chi connectivity index (χ4n) is 1.07. The molecule has 2 nitrogen and oxygen atoms in total. The summed E-state index contributed by atoms with van der Waals surface area (Å²) in [4.78, 5) is 0. The van der Waals surface area contributed by atoms with Gasteiger partial charge in [0.25, 0.3) is 0 Å². The second-order valence-corrected chi connectivity index (χ2v) is 4.21. The maximum absolute atomic E-state index is 9.78. The molecule has 13 heavy (non-hydrogen) atoms. The van der Waals surface area contributed by atoms with Crippen LogP contribution in [0.5, 0.6) is 0 Å². The molecule has 0 radical (unpaired) electrons. The van der Waals surface area contributed by atoms with Gasteiger partial charge in [0.05, 0.1) is 6.10 Å². The molecule has 1 aromatic carbocycles. The third-order valence-electron chi connectivity index (χ3n) is 1.89. The van der Waals surface area contributed by atoms with E-state index in [0.29, 0.717) is 5.02 Å². The van der Waals surface area contributed by atoms with Gasteiger partial charge in [0.2, 0.25) is 0 Å². The van der Waals surface area contributed by atoms with Crippen LogP contribution < -0.4 is 5.73 Å². The Kier molecular flexibility index (Phi) is 2.96. The Morgan fingerprint density at radius 1 is 1.31 bits per heavy atom. The molecule has 3 heteroatoms. The summed E-state index contributed by atoms with van der Waals surface area (Å²) in [5, 5.41) is 10.4. The van der Waals surface area contributed by atoms with Crippen molar-refractivity contribution in [3.8, 4) is 0 Å². The molecule has 1 rings (SSSR count). The first kappa shape index (κ1) is 10.5. The van der Waals surface area contributed by atoms with Crippen molar-refractivity contribution in [3.05, 3.63) is 34.9 Å². The maximum Gasteiger partial charge on any atom is 0.0963 e. The molecule has 0 saturated carbocycles. The van der Waals surface area contributed by atoms with Crippen LogP contribution in [0.15, 0.2) is 24.3 Å². The number of benzene rings is 1. The van der Waals surface area contributed by atoms with Gasteiger partial charge in [-0.05, 0) is 31.5 Å². The Bertz CT molecular complexity index is 276. The van der Waals surface area contributed by atoms with Gasteiger partial charge in [-0.1, -0.05) is 23.7 Å². The van der Waals surface area contributed by atoms with Crippen molar-refractivity contribution in [3.63, 3.8) is 0 Å². The van der Waals surface area contributed by atoms with Gasteiger partial charge in [0.1, 0.15) is 0 Å². The van der Waals surface area contributed by atoms with Crippen LogP contribution in [-0.4, -0.2) is 10.6 Å². The van der Waals surface area contributed by atoms with E-state index in [1.54, 1.807) is 38.1 Å². The molecule has 72 valence electrons. The molecule has 0 bridgehead atoms. The minimum absolute atomic E-state index is 0.631. The molecule has 1 atom stereocenters. The Balaban J connectivity index is 2.90. The Labute approximate surface area is 83.3 Å². The van der Waals surface area contributed by atoms with Gasteiger partial charge in [-0.15, -0.1) is 0 Å². The topological polar surface area (TPSA) is 46.2 Å². The summed E-state index contributed by atoms with van der Waals surface area (Å²) in [7, 11) is 0. The average molecular weight is 200 g/mol. The first-order chi connectivity index (χ1) is 5.91. The minimum Gasteiger partial charge on any atom is -0.387 e. The van der Waals surface area contributed by atoms with E-state index in [9.17, 15) is 5.11 Å². The SMILES string of the molecule is CC(C)(N)[C@@H](O)c1ccc(Cl)cc1. The lowest BCUT2D eigenvalue weighted by Gasteiger charge is -2.26. The summed E-state index contributed by atoms with van der Waals surface area (Å²) in [5.41, 5.74) is 5.92. The summed E-state index contributed by atoms with van der Waals surface area (Å²) in [6.45, 7) is 3.57. The van der Waals surface area contributed by atoms with E-state index in [4.69, 9.17) is 17.3 Å². The number of rotatable bonds is 2. The maximum atomic E-state index is 9.78. The van der Waals surface area contributed by atoms with Crippen LogP contribution in [0.2, 0.25) is 5.02 Å². The Hall–Kier alpha value is -0.570. The highest BCUT2D eigenvalue weighted by Crippen LogP contribution is 2.24. The van der Waals surface area contributed by atoms with Gasteiger partial charge in [0, 0.05) is 10.6 Å². The van der Waals surface area contributed by atoms with Crippen LogP contribution in [0, 0.1) is 0 Å². The molecule has 0 fully saturated rings. The summed E-state index contributed by atoms with van der Waals surface area (Å²) in [6, 6.07) is 7.04. The molecule has 0 heterocycles. The van der Waals surface area contributed by atoms with E-state index in [-0.39, 0.29) is 0 Å². The predicted molar refractivity (Wildman–Crippen MR) is 54.7 cm³/mol. The van der Waals surface area contributed by atoms with Crippen molar-refractivity contribution in [2.75, 3.05) is 0 Å². The summed E-state index contributed by atoms with van der Waals surface area (Å²) in [6.07, 6.45) is -0.662. The largest absolute Gasteiger partial charge is 0.387 e. The number of aliphatic hydroxyl groups is 1. The van der Waals surface area contributed by atoms with Crippen molar-refractivity contribution in [2.45, 2.75) is 25.5 Å². The molecule has 0 aliphatic rings. The quantitative estimate of drug-likeness (QED) is 0.767. The monoisotopic (exact) mass is 199 g/mol. The molecule has 0 aliphatic heterocycles. The second kappa shape index (κ2) is 3.66. The number of halogens is 1. The zero-order valence-electron chi connectivity index (χ0n) is 7.79. The van der Waals surface area contributed by atoms with Gasteiger partial charge >= 0.3 is 0 Å². The first-order valence-electron chi connectivity index (χ1n) is 4.13. The van der Waals surface area contributed by atoms with Crippen molar-refractivity contribution >= 4 is 11.6 Å². The van der Waals surface area contributed by atoms with Crippen LogP contribution in [0.25, 0.3) is 0 Å². The lowest BCUT2D eigenvalue weighted by molar-refractivity contribution is 0.104. The second-order valence-electron chi connectivity index (χ2n) is 3.78. The minimum atomic E-state index is -0.662. The van der Waals surface area contributed by atoms with Gasteiger partial charge in [-0.2, -0.15) is 0 Å². The van der Waals surface area contributed by atoms with Gasteiger partial charge in [-0.3, -0.25) is 0 Å². The lowest BCUT2D eigenvalue weighted by atomic mass is 9.93. The van der Waals surface area contributed by atoms with E-state index in [0.717, 1.165) is 5.56 Å². The molecule has 0 aromatic heterocycles. The highest BCUT2D eigenvalue weighted by atomic mass is 35.5. The van der Waals surface area contributed by atoms with Crippen LogP contribution in [-0.2, 0) is 0 Å². The molecule has 0 spiro atoms. The smallest absolute Gasteiger partial charge is 0.0963 e. The van der Waals surface area contributed by atoms with E-state index >= 15 is 0 Å². The number of hydrogen-bond donors (Lipinski definition) is 2. The van der Waals surface area contributed by atoms with Crippen molar-refractivity contribution in [1.29, 1.82) is 0 Å². The summed E-state index contributed by atoms with van der Waals surface area (Å²) < 4.78 is 0. The number of nitrogens with two attached hydrogens (primary N) is 1. The zero-order chi connectivity index (χ0) is 10.1. The Morgan fingerprint density at radius 2 is 1.77 bits per heavy atom. The van der Waals surface area contributed by atoms with E-state index in [1.165, 1.54) is 0 Å². The zero-order valence-corrected chi connectivity index (χ0v) is 8.55. The van der Waals surface area contributed by atoms with E-state index < -0.39 is 11.6 Å². The summed E-state index contributed by atoms with van der Waals surface area (Å²) in [5.74, 6) is 0. The third-order valence-corrected chi connectivity index (χ3v) is 2.14. The molecule has 0 aliphatic carbocycles. The van der Waals surface area contributed by atoms with Gasteiger partial charge in [0.15, 0.2) is 0 Å². The molecule has 1 aromatic rings. The lowest BCUT2D eigenvalue weighted by Crippen LogP contribution is -2.39. The number of aliphatic hydroxyl groups excluding tert-OH is 1. The molecule has 0 unspecified atom stereocenters. The predicted octanol–water partition coefficient (Wildman–Crippen LogP) is 2.11. The van der Waals surface area contributed by atoms with Crippen LogP contribution in [0.4, 0.5) is 0 Å². The number of hydrogen-bond acceptors (Lipinski definition) is 2. The normalized spacial score (nSPS) is 14.2. The van der Waals surface area contributed by atoms with E-state index in [2.05, 4.69) is 0 Å². The average Bonchev–Trinajstić information content (AvgIpc) is 2.03. The third kappa shape index (κ3) is 2.69. The van der Waals surface area contributed by atoms with E-state index in [1.807, 2.05) is 0 Å². The highest BCUT2D eigenvalue weighted by Gasteiger charge is 2.23. The van der Waals surface area contributed by atoms with Crippen LogP contribution >= 0.6 is 11.6 Å². The highest BCUT2D eigenvalue weighted by molar-refractivity contribution is 6.30. The van der Waals surface area contributed by atoms with Gasteiger partial charge in [-0.25, -0.2) is 0 Å². The Morgan fingerprint density at radius 3 is 2.15 bits per heavy atom. The van der Waals surface area contributed by atoms with Gasteiger partial charge < -0.3 is 10.8 Å². The fourth-order valence-corrected chi connectivity index (χ4v) is 1.20. The molecular weight excluding hydrogens is 186 g/mol. The molecule has 0 saturated heterocycles. The fraction of sp³-hybridized carbons (Fsp3) is 0.400. The standard InChI is InChI=1S/C10H14ClNO/c1-10(2,12)9(13)7-3-5-8(11)6-4-7/h3-6,9,13H,12H2,1-2H3/t9-/m0/s1. The molecule has 3 N–H and O–H groups in total. The van der Waals surface area contributed by atoms with Crippen LogP contribution in [0.3, 0.4) is 0 Å². The van der Waals surface area contributed by atoms with Crippen molar-refractivity contribution in [1.82, 2.24) is 0 Å². The van der Waals surface area contributed by atoms with Crippen LogP contribution in [0.1, 0.15) is 25.5 Å². The summed E-state index contributed by atoms with van der Waals surface area (Å²) >= 11 is 5.72. The molecule has 0 amide bonds.